The zero-order chi connectivity index (χ0) is 20.5. The molecule has 0 radical (unpaired) electrons. The van der Waals surface area contributed by atoms with E-state index >= 15 is 0 Å². The molecule has 1 aliphatic heterocycles. The Bertz CT molecular complexity index is 753. The van der Waals surface area contributed by atoms with Gasteiger partial charge in [-0.05, 0) is 32.3 Å². The van der Waals surface area contributed by atoms with Crippen LogP contribution in [-0.4, -0.2) is 60.2 Å². The molecule has 1 aliphatic rings. The lowest BCUT2D eigenvalue weighted by Crippen LogP contribution is -2.44. The van der Waals surface area contributed by atoms with Crippen LogP contribution in [0.4, 0.5) is 0 Å². The van der Waals surface area contributed by atoms with Crippen LogP contribution in [0.3, 0.4) is 0 Å². The highest BCUT2D eigenvalue weighted by molar-refractivity contribution is 5.91. The van der Waals surface area contributed by atoms with Crippen LogP contribution in [0.25, 0.3) is 0 Å². The summed E-state index contributed by atoms with van der Waals surface area (Å²) in [4.78, 5) is 12.7. The zero-order valence-corrected chi connectivity index (χ0v) is 17.2. The lowest BCUT2D eigenvalue weighted by Gasteiger charge is -2.37. The third-order valence-electron chi connectivity index (χ3n) is 5.24. The van der Waals surface area contributed by atoms with Crippen molar-refractivity contribution in [2.45, 2.75) is 44.9 Å². The second kappa shape index (κ2) is 10.5. The van der Waals surface area contributed by atoms with E-state index in [4.69, 9.17) is 14.2 Å². The molecular formula is C21H30N4O4. The number of ether oxygens (including phenoxy) is 3. The Hall–Kier alpha value is -2.29. The fourth-order valence-corrected chi connectivity index (χ4v) is 3.63. The van der Waals surface area contributed by atoms with Gasteiger partial charge in [0.2, 0.25) is 0 Å². The molecule has 1 saturated heterocycles. The average molecular weight is 402 g/mol. The van der Waals surface area contributed by atoms with Crippen LogP contribution in [0, 0.1) is 0 Å². The van der Waals surface area contributed by atoms with Gasteiger partial charge in [0.25, 0.3) is 5.91 Å². The summed E-state index contributed by atoms with van der Waals surface area (Å²) in [6.07, 6.45) is 2.95. The molecule has 1 amide bonds. The van der Waals surface area contributed by atoms with Crippen LogP contribution >= 0.6 is 0 Å². The molecular weight excluding hydrogens is 372 g/mol. The van der Waals surface area contributed by atoms with Crippen molar-refractivity contribution in [2.75, 3.05) is 33.0 Å². The molecule has 2 aromatic rings. The molecule has 29 heavy (non-hydrogen) atoms. The lowest BCUT2D eigenvalue weighted by atomic mass is 9.74. The number of carbonyl (C=O) groups is 1. The predicted molar refractivity (Wildman–Crippen MR) is 108 cm³/mol. The summed E-state index contributed by atoms with van der Waals surface area (Å²) in [5.74, 6) is -0.234. The van der Waals surface area contributed by atoms with Gasteiger partial charge in [0, 0.05) is 38.4 Å². The summed E-state index contributed by atoms with van der Waals surface area (Å²) in [6, 6.07) is 10.3. The van der Waals surface area contributed by atoms with Gasteiger partial charge in [-0.15, -0.1) is 5.10 Å². The Kier molecular flexibility index (Phi) is 7.74. The second-order valence-electron chi connectivity index (χ2n) is 7.11. The molecule has 0 atom stereocenters. The Balaban J connectivity index is 1.63. The molecule has 1 N–H and O–H groups in total. The van der Waals surface area contributed by atoms with Gasteiger partial charge < -0.3 is 19.5 Å². The normalized spacial score (nSPS) is 16.1. The Morgan fingerprint density at radius 2 is 1.90 bits per heavy atom. The number of hydrogen-bond acceptors (Lipinski definition) is 6. The minimum atomic E-state index is -0.411. The molecule has 8 heteroatoms. The van der Waals surface area contributed by atoms with Crippen molar-refractivity contribution in [1.29, 1.82) is 0 Å². The number of amides is 1. The summed E-state index contributed by atoms with van der Waals surface area (Å²) in [6.45, 7) is 7.19. The molecule has 0 unspecified atom stereocenters. The molecule has 2 heterocycles. The first kappa shape index (κ1) is 21.4. The van der Waals surface area contributed by atoms with Gasteiger partial charge in [-0.2, -0.15) is 0 Å². The molecule has 8 nitrogen and oxygen atoms in total. The van der Waals surface area contributed by atoms with E-state index in [0.29, 0.717) is 39.5 Å². The minimum Gasteiger partial charge on any atom is -0.381 e. The maximum absolute atomic E-state index is 12.7. The van der Waals surface area contributed by atoms with Crippen LogP contribution in [0.5, 0.6) is 0 Å². The van der Waals surface area contributed by atoms with E-state index in [1.165, 1.54) is 5.56 Å². The van der Waals surface area contributed by atoms with Gasteiger partial charge in [-0.3, -0.25) is 4.79 Å². The fraction of sp³-hybridized carbons (Fsp3) is 0.571. The first-order valence-corrected chi connectivity index (χ1v) is 10.2. The van der Waals surface area contributed by atoms with Crippen molar-refractivity contribution in [3.63, 3.8) is 0 Å². The van der Waals surface area contributed by atoms with Gasteiger partial charge in [0.05, 0.1) is 12.7 Å². The quantitative estimate of drug-likeness (QED) is 0.613. The summed E-state index contributed by atoms with van der Waals surface area (Å²) >= 11 is 0. The van der Waals surface area contributed by atoms with Crippen LogP contribution in [-0.2, 0) is 26.2 Å². The first-order valence-electron chi connectivity index (χ1n) is 10.2. The molecule has 1 fully saturated rings. The zero-order valence-electron chi connectivity index (χ0n) is 17.2. The van der Waals surface area contributed by atoms with Crippen molar-refractivity contribution in [1.82, 2.24) is 20.3 Å². The highest BCUT2D eigenvalue weighted by Crippen LogP contribution is 2.34. The maximum atomic E-state index is 12.7. The van der Waals surface area contributed by atoms with E-state index in [0.717, 1.165) is 12.8 Å². The maximum Gasteiger partial charge on any atom is 0.273 e. The number of nitrogens with zero attached hydrogens (tertiary/aromatic N) is 3. The molecule has 0 saturated carbocycles. The van der Waals surface area contributed by atoms with Crippen molar-refractivity contribution in [2.24, 2.45) is 0 Å². The van der Waals surface area contributed by atoms with Crippen molar-refractivity contribution in [3.8, 4) is 0 Å². The smallest absolute Gasteiger partial charge is 0.273 e. The third kappa shape index (κ3) is 5.62. The van der Waals surface area contributed by atoms with E-state index in [1.54, 1.807) is 10.9 Å². The Morgan fingerprint density at radius 1 is 1.21 bits per heavy atom. The number of carbonyl (C=O) groups excluding carboxylic acids is 1. The highest BCUT2D eigenvalue weighted by Gasteiger charge is 2.35. The topological polar surface area (TPSA) is 87.5 Å². The van der Waals surface area contributed by atoms with Crippen molar-refractivity contribution >= 4 is 5.91 Å². The van der Waals surface area contributed by atoms with E-state index in [1.807, 2.05) is 32.0 Å². The molecule has 3 rings (SSSR count). The summed E-state index contributed by atoms with van der Waals surface area (Å²) in [5, 5.41) is 11.1. The van der Waals surface area contributed by atoms with Crippen LogP contribution in [0.1, 0.15) is 42.7 Å². The highest BCUT2D eigenvalue weighted by atomic mass is 16.7. The van der Waals surface area contributed by atoms with Crippen molar-refractivity contribution in [3.05, 3.63) is 47.8 Å². The van der Waals surface area contributed by atoms with Gasteiger partial charge in [0.15, 0.2) is 12.0 Å². The third-order valence-corrected chi connectivity index (χ3v) is 5.24. The van der Waals surface area contributed by atoms with Gasteiger partial charge in [-0.25, -0.2) is 4.68 Å². The molecule has 1 aromatic heterocycles. The monoisotopic (exact) mass is 402 g/mol. The van der Waals surface area contributed by atoms with Gasteiger partial charge in [0.1, 0.15) is 0 Å². The molecule has 0 bridgehead atoms. The summed E-state index contributed by atoms with van der Waals surface area (Å²) in [7, 11) is 0. The van der Waals surface area contributed by atoms with Crippen molar-refractivity contribution < 1.29 is 19.0 Å². The standard InChI is InChI=1S/C21H30N4O4/c1-3-28-19(29-4-2)15-25-14-18(23-24-25)20(26)22-16-21(10-12-27-13-11-21)17-8-6-5-7-9-17/h5-9,14,19H,3-4,10-13,15-16H2,1-2H3,(H,22,26). The Morgan fingerprint density at radius 3 is 2.55 bits per heavy atom. The molecule has 1 aromatic carbocycles. The van der Waals surface area contributed by atoms with Gasteiger partial charge in [-0.1, -0.05) is 35.5 Å². The number of hydrogen-bond donors (Lipinski definition) is 1. The minimum absolute atomic E-state index is 0.125. The van der Waals surface area contributed by atoms with Gasteiger partial charge >= 0.3 is 0 Å². The summed E-state index contributed by atoms with van der Waals surface area (Å²) < 4.78 is 18.2. The predicted octanol–water partition coefficient (Wildman–Crippen LogP) is 2.16. The lowest BCUT2D eigenvalue weighted by molar-refractivity contribution is -0.145. The number of aromatic nitrogens is 3. The van der Waals surface area contributed by atoms with Crippen LogP contribution in [0.15, 0.2) is 36.5 Å². The van der Waals surface area contributed by atoms with Crippen LogP contribution < -0.4 is 5.32 Å². The summed E-state index contributed by atoms with van der Waals surface area (Å²) in [5.41, 5.74) is 1.38. The Labute approximate surface area is 171 Å². The second-order valence-corrected chi connectivity index (χ2v) is 7.11. The fourth-order valence-electron chi connectivity index (χ4n) is 3.63. The molecule has 0 spiro atoms. The number of nitrogens with one attached hydrogen (secondary N) is 1. The number of benzene rings is 1. The first-order chi connectivity index (χ1) is 14.2. The number of rotatable bonds is 10. The average Bonchev–Trinajstić information content (AvgIpc) is 3.22. The van der Waals surface area contributed by atoms with E-state index in [2.05, 4.69) is 27.8 Å². The van der Waals surface area contributed by atoms with E-state index < -0.39 is 6.29 Å². The van der Waals surface area contributed by atoms with E-state index in [9.17, 15) is 4.79 Å². The largest absolute Gasteiger partial charge is 0.381 e. The van der Waals surface area contributed by atoms with E-state index in [-0.39, 0.29) is 17.0 Å². The SMILES string of the molecule is CCOC(Cn1cc(C(=O)NCC2(c3ccccc3)CCOCC2)nn1)OCC. The molecule has 158 valence electrons. The molecule has 0 aliphatic carbocycles. The van der Waals surface area contributed by atoms with Crippen LogP contribution in [0.2, 0.25) is 0 Å².